The first-order valence-electron chi connectivity index (χ1n) is 21.0. The largest absolute Gasteiger partial charge is 0.248 e. The topological polar surface area (TPSA) is 38.7 Å². The molecular formula is C59H39N3. The number of rotatable bonds is 8. The Morgan fingerprint density at radius 3 is 1.23 bits per heavy atom. The highest BCUT2D eigenvalue weighted by Gasteiger charge is 2.16. The number of nitrogens with zero attached hydrogens (tertiary/aromatic N) is 3. The van der Waals surface area contributed by atoms with Crippen molar-refractivity contribution in [1.82, 2.24) is 15.0 Å². The lowest BCUT2D eigenvalue weighted by atomic mass is 9.92. The van der Waals surface area contributed by atoms with Gasteiger partial charge in [-0.15, -0.1) is 0 Å². The Balaban J connectivity index is 1.03. The highest BCUT2D eigenvalue weighted by Crippen LogP contribution is 2.39. The van der Waals surface area contributed by atoms with Crippen molar-refractivity contribution in [1.29, 1.82) is 0 Å². The molecule has 0 aliphatic carbocycles. The molecule has 0 saturated heterocycles. The monoisotopic (exact) mass is 789 g/mol. The zero-order chi connectivity index (χ0) is 41.2. The van der Waals surface area contributed by atoms with E-state index in [-0.39, 0.29) is 0 Å². The van der Waals surface area contributed by atoms with Gasteiger partial charge in [0, 0.05) is 27.6 Å². The van der Waals surface area contributed by atoms with Crippen LogP contribution in [-0.2, 0) is 0 Å². The third-order valence-electron chi connectivity index (χ3n) is 11.7. The van der Waals surface area contributed by atoms with Gasteiger partial charge in [-0.3, -0.25) is 0 Å². The number of fused-ring (bicyclic) bond motifs is 3. The molecule has 62 heavy (non-hydrogen) atoms. The van der Waals surface area contributed by atoms with E-state index in [9.17, 15) is 0 Å². The van der Waals surface area contributed by atoms with E-state index in [1.807, 2.05) is 18.2 Å². The van der Waals surface area contributed by atoms with Gasteiger partial charge in [0.1, 0.15) is 0 Å². The Hall–Kier alpha value is -8.27. The van der Waals surface area contributed by atoms with E-state index in [4.69, 9.17) is 15.0 Å². The molecule has 0 radical (unpaired) electrons. The van der Waals surface area contributed by atoms with Crippen molar-refractivity contribution in [2.45, 2.75) is 0 Å². The second kappa shape index (κ2) is 16.1. The second-order valence-electron chi connectivity index (χ2n) is 15.6. The summed E-state index contributed by atoms with van der Waals surface area (Å²) < 4.78 is 0. The molecule has 3 heteroatoms. The summed E-state index contributed by atoms with van der Waals surface area (Å²) in [5, 5.41) is 3.47. The van der Waals surface area contributed by atoms with Crippen LogP contribution in [0.2, 0.25) is 0 Å². The standard InChI is InChI=1S/C59H39N3/c1-5-14-40(15-6-1)42-24-29-47(30-25-42)56-39-57(48-31-26-43(27-32-48)41-16-7-2-8-17-41)62-59(61-56)51-23-13-22-49(36-51)50-33-28-45-34-35-54-58(52(45)37-50)53(44-18-9-3-10-19-44)38-55(60-54)46-20-11-4-12-21-46/h1-39H. The molecular weight excluding hydrogens is 751 g/mol. The molecule has 2 heterocycles. The maximum absolute atomic E-state index is 5.25. The molecule has 9 aromatic carbocycles. The van der Waals surface area contributed by atoms with E-state index >= 15 is 0 Å². The van der Waals surface area contributed by atoms with Gasteiger partial charge in [0.05, 0.1) is 22.6 Å². The Morgan fingerprint density at radius 1 is 0.242 bits per heavy atom. The average molecular weight is 790 g/mol. The quantitative estimate of drug-likeness (QED) is 0.144. The van der Waals surface area contributed by atoms with Crippen LogP contribution in [0.5, 0.6) is 0 Å². The zero-order valence-corrected chi connectivity index (χ0v) is 33.9. The predicted molar refractivity (Wildman–Crippen MR) is 258 cm³/mol. The molecule has 11 rings (SSSR count). The van der Waals surface area contributed by atoms with Crippen molar-refractivity contribution in [3.05, 3.63) is 237 Å². The van der Waals surface area contributed by atoms with Crippen molar-refractivity contribution in [2.75, 3.05) is 0 Å². The van der Waals surface area contributed by atoms with Crippen LogP contribution in [0.15, 0.2) is 237 Å². The molecule has 0 aliphatic heterocycles. The first-order valence-corrected chi connectivity index (χ1v) is 21.0. The molecule has 0 aliphatic rings. The molecule has 0 atom stereocenters. The summed E-state index contributed by atoms with van der Waals surface area (Å²) >= 11 is 0. The summed E-state index contributed by atoms with van der Waals surface area (Å²) in [7, 11) is 0. The van der Waals surface area contributed by atoms with Crippen molar-refractivity contribution in [2.24, 2.45) is 0 Å². The Kier molecular flexibility index (Phi) is 9.53. The summed E-state index contributed by atoms with van der Waals surface area (Å²) in [4.78, 5) is 15.7. The maximum Gasteiger partial charge on any atom is 0.160 e. The molecule has 3 nitrogen and oxygen atoms in total. The van der Waals surface area contributed by atoms with Gasteiger partial charge in [0.15, 0.2) is 5.82 Å². The SMILES string of the molecule is c1ccc(-c2ccc(-c3cc(-c4ccc(-c5ccccc5)cc4)nc(-c4cccc(-c5ccc6ccc7nc(-c8ccccc8)cc(-c8ccccc8)c7c6c5)c4)n3)cc2)cc1. The smallest absolute Gasteiger partial charge is 0.160 e. The summed E-state index contributed by atoms with van der Waals surface area (Å²) in [5.41, 5.74) is 17.0. The minimum absolute atomic E-state index is 0.675. The third kappa shape index (κ3) is 7.23. The van der Waals surface area contributed by atoms with Gasteiger partial charge in [-0.2, -0.15) is 0 Å². The lowest BCUT2D eigenvalue weighted by Crippen LogP contribution is -1.96. The van der Waals surface area contributed by atoms with E-state index in [0.717, 1.165) is 77.9 Å². The first-order chi connectivity index (χ1) is 30.7. The van der Waals surface area contributed by atoms with Crippen molar-refractivity contribution < 1.29 is 0 Å². The van der Waals surface area contributed by atoms with Gasteiger partial charge in [-0.05, 0) is 85.6 Å². The summed E-state index contributed by atoms with van der Waals surface area (Å²) in [5.74, 6) is 0.675. The van der Waals surface area contributed by atoms with Crippen LogP contribution in [0.4, 0.5) is 0 Å². The number of hydrogen-bond donors (Lipinski definition) is 0. The normalized spacial score (nSPS) is 11.2. The molecule has 2 aromatic heterocycles. The minimum atomic E-state index is 0.675. The maximum atomic E-state index is 5.25. The van der Waals surface area contributed by atoms with Gasteiger partial charge in [-0.1, -0.05) is 206 Å². The van der Waals surface area contributed by atoms with E-state index < -0.39 is 0 Å². The van der Waals surface area contributed by atoms with Gasteiger partial charge in [0.25, 0.3) is 0 Å². The summed E-state index contributed by atoms with van der Waals surface area (Å²) in [6, 6.07) is 83.4. The average Bonchev–Trinajstić information content (AvgIpc) is 3.37. The Labute approximate surface area is 361 Å². The number of benzene rings is 9. The Morgan fingerprint density at radius 2 is 0.645 bits per heavy atom. The Bertz CT molecular complexity index is 3250. The van der Waals surface area contributed by atoms with Gasteiger partial charge in [-0.25, -0.2) is 15.0 Å². The van der Waals surface area contributed by atoms with E-state index in [2.05, 4.69) is 218 Å². The fraction of sp³-hybridized carbons (Fsp3) is 0. The van der Waals surface area contributed by atoms with Gasteiger partial charge in [0.2, 0.25) is 0 Å². The summed E-state index contributed by atoms with van der Waals surface area (Å²) in [6.45, 7) is 0. The lowest BCUT2D eigenvalue weighted by Gasteiger charge is -2.14. The molecule has 290 valence electrons. The van der Waals surface area contributed by atoms with Crippen molar-refractivity contribution in [3.63, 3.8) is 0 Å². The lowest BCUT2D eigenvalue weighted by molar-refractivity contribution is 1.18. The summed E-state index contributed by atoms with van der Waals surface area (Å²) in [6.07, 6.45) is 0. The molecule has 0 fully saturated rings. The van der Waals surface area contributed by atoms with Crippen molar-refractivity contribution >= 4 is 21.7 Å². The van der Waals surface area contributed by atoms with Crippen LogP contribution < -0.4 is 0 Å². The van der Waals surface area contributed by atoms with Crippen LogP contribution in [0, 0.1) is 0 Å². The number of pyridine rings is 1. The fourth-order valence-electron chi connectivity index (χ4n) is 8.48. The van der Waals surface area contributed by atoms with Crippen LogP contribution in [0.1, 0.15) is 0 Å². The van der Waals surface area contributed by atoms with E-state index in [1.54, 1.807) is 0 Å². The fourth-order valence-corrected chi connectivity index (χ4v) is 8.48. The molecule has 0 N–H and O–H groups in total. The zero-order valence-electron chi connectivity index (χ0n) is 33.9. The van der Waals surface area contributed by atoms with Crippen LogP contribution in [-0.4, -0.2) is 15.0 Å². The number of hydrogen-bond acceptors (Lipinski definition) is 3. The van der Waals surface area contributed by atoms with Gasteiger partial charge >= 0.3 is 0 Å². The molecule has 0 amide bonds. The van der Waals surface area contributed by atoms with E-state index in [1.165, 1.54) is 27.6 Å². The highest BCUT2D eigenvalue weighted by molar-refractivity contribution is 6.14. The molecule has 0 spiro atoms. The first kappa shape index (κ1) is 36.8. The molecule has 0 bridgehead atoms. The predicted octanol–water partition coefficient (Wildman–Crippen LogP) is 15.5. The molecule has 11 aromatic rings. The van der Waals surface area contributed by atoms with E-state index in [0.29, 0.717) is 5.82 Å². The molecule has 0 unspecified atom stereocenters. The third-order valence-corrected chi connectivity index (χ3v) is 11.7. The second-order valence-corrected chi connectivity index (χ2v) is 15.6. The van der Waals surface area contributed by atoms with Crippen LogP contribution in [0.3, 0.4) is 0 Å². The van der Waals surface area contributed by atoms with Crippen molar-refractivity contribution in [3.8, 4) is 89.7 Å². The van der Waals surface area contributed by atoms with Gasteiger partial charge < -0.3 is 0 Å². The van der Waals surface area contributed by atoms with Crippen LogP contribution >= 0.6 is 0 Å². The molecule has 0 saturated carbocycles. The number of aromatic nitrogens is 3. The highest BCUT2D eigenvalue weighted by atomic mass is 14.9. The minimum Gasteiger partial charge on any atom is -0.248 e. The van der Waals surface area contributed by atoms with Crippen LogP contribution in [0.25, 0.3) is 111 Å².